The molecule has 2 rings (SSSR count). The first kappa shape index (κ1) is 11.5. The number of ether oxygens (including phenoxy) is 1. The molecule has 0 amide bonds. The highest BCUT2D eigenvalue weighted by Crippen LogP contribution is 2.32. The number of aromatic nitrogens is 1. The summed E-state index contributed by atoms with van der Waals surface area (Å²) in [5.41, 5.74) is 6.74. The van der Waals surface area contributed by atoms with Crippen LogP contribution in [0.1, 0.15) is 0 Å². The average Bonchev–Trinajstić information content (AvgIpc) is 2.27. The fourth-order valence-corrected chi connectivity index (χ4v) is 1.80. The molecule has 0 saturated carbocycles. The van der Waals surface area contributed by atoms with Gasteiger partial charge in [0.15, 0.2) is 0 Å². The van der Waals surface area contributed by atoms with Gasteiger partial charge in [0.25, 0.3) is 0 Å². The first-order valence-electron chi connectivity index (χ1n) is 4.94. The third kappa shape index (κ3) is 2.42. The van der Waals surface area contributed by atoms with Crippen molar-refractivity contribution < 1.29 is 4.74 Å². The second-order valence-electron chi connectivity index (χ2n) is 3.53. The Hall–Kier alpha value is -1.94. The van der Waals surface area contributed by atoms with Crippen molar-refractivity contribution in [3.05, 3.63) is 45.7 Å². The van der Waals surface area contributed by atoms with E-state index in [1.807, 2.05) is 0 Å². The molecule has 1 aromatic carbocycles. The summed E-state index contributed by atoms with van der Waals surface area (Å²) >= 11 is 5.93. The predicted molar refractivity (Wildman–Crippen MR) is 68.5 cm³/mol. The highest BCUT2D eigenvalue weighted by atomic mass is 35.5. The van der Waals surface area contributed by atoms with Gasteiger partial charge in [0.05, 0.1) is 7.11 Å². The molecule has 0 fully saturated rings. The van der Waals surface area contributed by atoms with Gasteiger partial charge in [-0.25, -0.2) is 0 Å². The number of methoxy groups -OCH3 is 1. The van der Waals surface area contributed by atoms with Crippen molar-refractivity contribution in [2.45, 2.75) is 0 Å². The van der Waals surface area contributed by atoms with Gasteiger partial charge in [-0.05, 0) is 29.8 Å². The maximum Gasteiger partial charge on any atom is 0.250 e. The first-order valence-corrected chi connectivity index (χ1v) is 5.31. The SMILES string of the molecule is COc1ccc(Cl)cc1-c1cc(N)[nH]c(=O)c1. The van der Waals surface area contributed by atoms with Gasteiger partial charge in [-0.2, -0.15) is 0 Å². The van der Waals surface area contributed by atoms with Crippen molar-refractivity contribution in [3.8, 4) is 16.9 Å². The second kappa shape index (κ2) is 4.51. The number of anilines is 1. The number of halogens is 1. The Kier molecular flexibility index (Phi) is 3.06. The lowest BCUT2D eigenvalue weighted by Crippen LogP contribution is -2.07. The summed E-state index contributed by atoms with van der Waals surface area (Å²) in [4.78, 5) is 13.8. The molecule has 0 radical (unpaired) electrons. The van der Waals surface area contributed by atoms with Crippen LogP contribution in [0.3, 0.4) is 0 Å². The summed E-state index contributed by atoms with van der Waals surface area (Å²) in [5.74, 6) is 0.939. The lowest BCUT2D eigenvalue weighted by atomic mass is 10.1. The third-order valence-electron chi connectivity index (χ3n) is 2.34. The normalized spacial score (nSPS) is 10.2. The van der Waals surface area contributed by atoms with Crippen LogP contribution in [0.25, 0.3) is 11.1 Å². The van der Waals surface area contributed by atoms with Crippen LogP contribution in [0.5, 0.6) is 5.75 Å². The highest BCUT2D eigenvalue weighted by Gasteiger charge is 2.08. The number of benzene rings is 1. The Morgan fingerprint density at radius 3 is 2.71 bits per heavy atom. The molecule has 0 aliphatic carbocycles. The summed E-state index contributed by atoms with van der Waals surface area (Å²) < 4.78 is 5.22. The zero-order valence-corrected chi connectivity index (χ0v) is 9.91. The molecule has 0 atom stereocenters. The van der Waals surface area contributed by atoms with Crippen molar-refractivity contribution in [1.82, 2.24) is 4.98 Å². The Morgan fingerprint density at radius 1 is 1.29 bits per heavy atom. The van der Waals surface area contributed by atoms with Gasteiger partial charge < -0.3 is 15.5 Å². The van der Waals surface area contributed by atoms with Crippen LogP contribution in [0.15, 0.2) is 35.1 Å². The molecule has 0 unspecified atom stereocenters. The third-order valence-corrected chi connectivity index (χ3v) is 2.57. The van der Waals surface area contributed by atoms with Crippen LogP contribution in [0.2, 0.25) is 5.02 Å². The topological polar surface area (TPSA) is 68.1 Å². The van der Waals surface area contributed by atoms with Crippen LogP contribution in [-0.4, -0.2) is 12.1 Å². The van der Waals surface area contributed by atoms with E-state index in [-0.39, 0.29) is 5.56 Å². The number of aromatic amines is 1. The average molecular weight is 251 g/mol. The smallest absolute Gasteiger partial charge is 0.250 e. The number of pyridine rings is 1. The van der Waals surface area contributed by atoms with Crippen LogP contribution in [-0.2, 0) is 0 Å². The van der Waals surface area contributed by atoms with Crippen molar-refractivity contribution >= 4 is 17.4 Å². The summed E-state index contributed by atoms with van der Waals surface area (Å²) in [6, 6.07) is 8.31. The highest BCUT2D eigenvalue weighted by molar-refractivity contribution is 6.31. The maximum absolute atomic E-state index is 11.4. The molecule has 5 heteroatoms. The number of nitrogen functional groups attached to an aromatic ring is 1. The molecule has 2 aromatic rings. The molecule has 3 N–H and O–H groups in total. The molecule has 0 aliphatic heterocycles. The van der Waals surface area contributed by atoms with E-state index in [2.05, 4.69) is 4.98 Å². The standard InChI is InChI=1S/C12H11ClN2O2/c1-17-10-3-2-8(13)6-9(10)7-4-11(14)15-12(16)5-7/h2-6H,1H3,(H3,14,15,16). The Bertz CT molecular complexity index is 608. The quantitative estimate of drug-likeness (QED) is 0.859. The summed E-state index contributed by atoms with van der Waals surface area (Å²) in [7, 11) is 1.56. The van der Waals surface area contributed by atoms with Gasteiger partial charge in [0.2, 0.25) is 5.56 Å². The Balaban J connectivity index is 2.66. The first-order chi connectivity index (χ1) is 8.10. The van der Waals surface area contributed by atoms with Crippen molar-refractivity contribution in [2.75, 3.05) is 12.8 Å². The largest absolute Gasteiger partial charge is 0.496 e. The fraction of sp³-hybridized carbons (Fsp3) is 0.0833. The molecule has 17 heavy (non-hydrogen) atoms. The zero-order chi connectivity index (χ0) is 12.4. The minimum atomic E-state index is -0.262. The summed E-state index contributed by atoms with van der Waals surface area (Å²) in [6.45, 7) is 0. The van der Waals surface area contributed by atoms with Crippen molar-refractivity contribution in [3.63, 3.8) is 0 Å². The minimum Gasteiger partial charge on any atom is -0.496 e. The van der Waals surface area contributed by atoms with Gasteiger partial charge in [0, 0.05) is 16.7 Å². The molecular weight excluding hydrogens is 240 g/mol. The van der Waals surface area contributed by atoms with E-state index in [0.29, 0.717) is 22.2 Å². The van der Waals surface area contributed by atoms with Gasteiger partial charge in [-0.3, -0.25) is 4.79 Å². The van der Waals surface area contributed by atoms with E-state index in [4.69, 9.17) is 22.1 Å². The van der Waals surface area contributed by atoms with Crippen LogP contribution in [0, 0.1) is 0 Å². The van der Waals surface area contributed by atoms with Crippen LogP contribution < -0.4 is 16.0 Å². The Morgan fingerprint density at radius 2 is 2.06 bits per heavy atom. The predicted octanol–water partition coefficient (Wildman–Crippen LogP) is 2.29. The van der Waals surface area contributed by atoms with E-state index in [1.165, 1.54) is 6.07 Å². The number of nitrogens with two attached hydrogens (primary N) is 1. The van der Waals surface area contributed by atoms with Gasteiger partial charge in [-0.1, -0.05) is 11.6 Å². The summed E-state index contributed by atoms with van der Waals surface area (Å²) in [5, 5.41) is 0.569. The molecule has 0 aliphatic rings. The van der Waals surface area contributed by atoms with Gasteiger partial charge >= 0.3 is 0 Å². The number of H-pyrrole nitrogens is 1. The van der Waals surface area contributed by atoms with Crippen LogP contribution in [0.4, 0.5) is 5.82 Å². The fourth-order valence-electron chi connectivity index (χ4n) is 1.63. The Labute approximate surface area is 103 Å². The lowest BCUT2D eigenvalue weighted by molar-refractivity contribution is 0.416. The molecule has 0 spiro atoms. The van der Waals surface area contributed by atoms with E-state index < -0.39 is 0 Å². The van der Waals surface area contributed by atoms with Crippen molar-refractivity contribution in [1.29, 1.82) is 0 Å². The number of rotatable bonds is 2. The number of hydrogen-bond donors (Lipinski definition) is 2. The molecule has 1 heterocycles. The van der Waals surface area contributed by atoms with Crippen LogP contribution >= 0.6 is 11.6 Å². The van der Waals surface area contributed by atoms with E-state index in [9.17, 15) is 4.79 Å². The monoisotopic (exact) mass is 250 g/mol. The van der Waals surface area contributed by atoms with E-state index >= 15 is 0 Å². The molecule has 88 valence electrons. The molecule has 1 aromatic heterocycles. The molecule has 0 saturated heterocycles. The van der Waals surface area contributed by atoms with E-state index in [1.54, 1.807) is 31.4 Å². The second-order valence-corrected chi connectivity index (χ2v) is 3.97. The number of nitrogens with one attached hydrogen (secondary N) is 1. The van der Waals surface area contributed by atoms with Gasteiger partial charge in [0.1, 0.15) is 11.6 Å². The zero-order valence-electron chi connectivity index (χ0n) is 9.16. The maximum atomic E-state index is 11.4. The van der Waals surface area contributed by atoms with E-state index in [0.717, 1.165) is 5.56 Å². The lowest BCUT2D eigenvalue weighted by Gasteiger charge is -2.09. The molecule has 4 nitrogen and oxygen atoms in total. The molecular formula is C12H11ClN2O2. The summed E-state index contributed by atoms with van der Waals surface area (Å²) in [6.07, 6.45) is 0. The molecule has 0 bridgehead atoms. The van der Waals surface area contributed by atoms with Crippen molar-refractivity contribution in [2.24, 2.45) is 0 Å². The minimum absolute atomic E-state index is 0.262. The van der Waals surface area contributed by atoms with Gasteiger partial charge in [-0.15, -0.1) is 0 Å². The number of hydrogen-bond acceptors (Lipinski definition) is 3.